The Hall–Kier alpha value is -0.947. The molecule has 0 radical (unpaired) electrons. The van der Waals surface area contributed by atoms with Crippen molar-refractivity contribution in [2.24, 2.45) is 0 Å². The van der Waals surface area contributed by atoms with Crippen molar-refractivity contribution >= 4 is 8.89 Å². The average Bonchev–Trinajstić information content (AvgIpc) is 3.25. The van der Waals surface area contributed by atoms with Crippen LogP contribution in [0.3, 0.4) is 0 Å². The van der Waals surface area contributed by atoms with Crippen LogP contribution in [0.2, 0.25) is 0 Å². The molecule has 0 unspecified atom stereocenters. The number of halogens is 2. The van der Waals surface area contributed by atoms with Gasteiger partial charge in [-0.05, 0) is 6.42 Å². The Balaban J connectivity index is 0.000000518. The fraction of sp³-hybridized carbons (Fsp3) is 0.261. The number of benzene rings is 2. The number of anilines is 1. The van der Waals surface area contributed by atoms with E-state index >= 15 is 0 Å². The van der Waals surface area contributed by atoms with Crippen molar-refractivity contribution in [1.29, 1.82) is 0 Å². The average molecular weight is 478 g/mol. The van der Waals surface area contributed by atoms with Crippen LogP contribution in [-0.2, 0) is 30.7 Å². The quantitative estimate of drug-likeness (QED) is 0.415. The molecule has 0 aromatic heterocycles. The minimum absolute atomic E-state index is 0. The van der Waals surface area contributed by atoms with E-state index in [0.29, 0.717) is 0 Å². The standard InChI is InChI=1S/C15H14N.C5H5.C3H6.2ClH.Zr/c1-16(2)14-9-5-7-12-10-11-6-3-4-8-13(11)15(12)14;1-2-4-5-3-1;1-3-2;;;/h3-6,8-9H,10H2,1-2H3;1-3H,4H2;1-2H3;2*1H;/q2*-1;;;;+2/p-2. The SMILES string of the molecule is CN(C)c1cc[c-]c2c1-c1ccccc1C2.C[C](C)=[Zr+2].[C-]1=CC=CC1.[Cl-].[Cl-]. The van der Waals surface area contributed by atoms with E-state index in [-0.39, 0.29) is 24.8 Å². The fourth-order valence-corrected chi connectivity index (χ4v) is 2.79. The van der Waals surface area contributed by atoms with Crippen molar-refractivity contribution in [1.82, 2.24) is 0 Å². The maximum absolute atomic E-state index is 3.36. The Morgan fingerprint density at radius 1 is 1.07 bits per heavy atom. The molecule has 0 aliphatic heterocycles. The van der Waals surface area contributed by atoms with Gasteiger partial charge in [0.15, 0.2) is 0 Å². The van der Waals surface area contributed by atoms with E-state index in [9.17, 15) is 0 Å². The normalized spacial score (nSPS) is 11.5. The summed E-state index contributed by atoms with van der Waals surface area (Å²) in [4.78, 5) is 2.18. The maximum atomic E-state index is 3.36. The van der Waals surface area contributed by atoms with Gasteiger partial charge >= 0.3 is 41.3 Å². The minimum Gasteiger partial charge on any atom is -1.00 e. The molecule has 0 bridgehead atoms. The summed E-state index contributed by atoms with van der Waals surface area (Å²) in [6.07, 6.45) is 11.0. The Kier molecular flexibility index (Phi) is 12.8. The van der Waals surface area contributed by atoms with Gasteiger partial charge in [0, 0.05) is 14.1 Å². The summed E-state index contributed by atoms with van der Waals surface area (Å²) in [5.74, 6) is 0. The first-order valence-electron chi connectivity index (χ1n) is 8.53. The van der Waals surface area contributed by atoms with Crippen LogP contribution in [0.4, 0.5) is 5.69 Å². The molecule has 0 spiro atoms. The third-order valence-corrected chi connectivity index (χ3v) is 3.78. The summed E-state index contributed by atoms with van der Waals surface area (Å²) in [5, 5.41) is 0. The summed E-state index contributed by atoms with van der Waals surface area (Å²) >= 11 is 1.55. The molecule has 0 saturated carbocycles. The summed E-state index contributed by atoms with van der Waals surface area (Å²) < 4.78 is 1.51. The molecule has 0 heterocycles. The Morgan fingerprint density at radius 3 is 2.26 bits per heavy atom. The van der Waals surface area contributed by atoms with Crippen LogP contribution in [0.15, 0.2) is 54.6 Å². The molecule has 0 amide bonds. The largest absolute Gasteiger partial charge is 1.00 e. The van der Waals surface area contributed by atoms with E-state index in [1.165, 1.54) is 31.1 Å². The number of allylic oxidation sites excluding steroid dienone is 4. The molecule has 2 aliphatic rings. The Bertz CT molecular complexity index is 781. The second kappa shape index (κ2) is 13.3. The molecule has 27 heavy (non-hydrogen) atoms. The van der Waals surface area contributed by atoms with Crippen LogP contribution < -0.4 is 29.7 Å². The monoisotopic (exact) mass is 475 g/mol. The summed E-state index contributed by atoms with van der Waals surface area (Å²) in [7, 11) is 4.19. The van der Waals surface area contributed by atoms with Gasteiger partial charge in [0.1, 0.15) is 0 Å². The van der Waals surface area contributed by atoms with E-state index in [1.807, 2.05) is 18.2 Å². The molecule has 2 aromatic carbocycles. The molecule has 0 fully saturated rings. The summed E-state index contributed by atoms with van der Waals surface area (Å²) in [6, 6.07) is 16.2. The number of hydrogen-bond donors (Lipinski definition) is 0. The fourth-order valence-electron chi connectivity index (χ4n) is 2.79. The molecule has 0 atom stereocenters. The van der Waals surface area contributed by atoms with Crippen LogP contribution in [0.25, 0.3) is 11.1 Å². The van der Waals surface area contributed by atoms with Crippen LogP contribution in [0.5, 0.6) is 0 Å². The van der Waals surface area contributed by atoms with Crippen molar-refractivity contribution in [3.63, 3.8) is 0 Å². The van der Waals surface area contributed by atoms with Crippen molar-refractivity contribution in [3.05, 3.63) is 77.9 Å². The van der Waals surface area contributed by atoms with Gasteiger partial charge in [-0.1, -0.05) is 41.1 Å². The molecule has 4 heteroatoms. The first kappa shape index (κ1) is 26.1. The second-order valence-electron chi connectivity index (χ2n) is 6.45. The van der Waals surface area contributed by atoms with Crippen LogP contribution >= 0.6 is 0 Å². The van der Waals surface area contributed by atoms with Crippen LogP contribution in [-0.4, -0.2) is 17.3 Å². The van der Waals surface area contributed by atoms with Gasteiger partial charge in [-0.2, -0.15) is 18.2 Å². The number of hydrogen-bond acceptors (Lipinski definition) is 1. The smallest absolute Gasteiger partial charge is 0.109 e. The Morgan fingerprint density at radius 2 is 1.74 bits per heavy atom. The molecule has 0 saturated heterocycles. The summed E-state index contributed by atoms with van der Waals surface area (Å²) in [6.45, 7) is 4.25. The van der Waals surface area contributed by atoms with Gasteiger partial charge in [0.25, 0.3) is 0 Å². The van der Waals surface area contributed by atoms with Crippen LogP contribution in [0.1, 0.15) is 31.4 Å². The zero-order chi connectivity index (χ0) is 18.2. The number of rotatable bonds is 1. The minimum atomic E-state index is 0. The van der Waals surface area contributed by atoms with Crippen molar-refractivity contribution < 1.29 is 49.0 Å². The van der Waals surface area contributed by atoms with Crippen molar-refractivity contribution in [2.75, 3.05) is 19.0 Å². The zero-order valence-electron chi connectivity index (χ0n) is 16.3. The zero-order valence-corrected chi connectivity index (χ0v) is 20.3. The number of fused-ring (bicyclic) bond motifs is 3. The molecule has 1 nitrogen and oxygen atoms in total. The van der Waals surface area contributed by atoms with Crippen molar-refractivity contribution in [2.45, 2.75) is 26.7 Å². The van der Waals surface area contributed by atoms with E-state index in [2.05, 4.69) is 81.4 Å². The third kappa shape index (κ3) is 7.90. The van der Waals surface area contributed by atoms with Gasteiger partial charge in [-0.15, -0.1) is 23.6 Å². The molecule has 2 aromatic rings. The molecule has 142 valence electrons. The first-order chi connectivity index (χ1) is 12.0. The maximum Gasteiger partial charge on any atom is -0.109 e. The van der Waals surface area contributed by atoms with Gasteiger partial charge in [-0.3, -0.25) is 6.08 Å². The molecule has 4 rings (SSSR count). The van der Waals surface area contributed by atoms with Gasteiger partial charge in [-0.25, -0.2) is 12.2 Å². The molecular formula is C23H25Cl2NZr-2. The predicted molar refractivity (Wildman–Crippen MR) is 106 cm³/mol. The van der Waals surface area contributed by atoms with E-state index < -0.39 is 0 Å². The Labute approximate surface area is 191 Å². The van der Waals surface area contributed by atoms with E-state index in [0.717, 1.165) is 12.8 Å². The van der Waals surface area contributed by atoms with Crippen molar-refractivity contribution in [3.8, 4) is 11.1 Å². The van der Waals surface area contributed by atoms with E-state index in [1.54, 1.807) is 24.2 Å². The summed E-state index contributed by atoms with van der Waals surface area (Å²) in [5.41, 5.74) is 6.77. The molecule has 0 N–H and O–H groups in total. The van der Waals surface area contributed by atoms with Gasteiger partial charge in [0.2, 0.25) is 0 Å². The third-order valence-electron chi connectivity index (χ3n) is 3.78. The second-order valence-corrected chi connectivity index (χ2v) is 8.91. The number of nitrogens with zero attached hydrogens (tertiary/aromatic N) is 1. The van der Waals surface area contributed by atoms with Gasteiger partial charge in [0.05, 0.1) is 0 Å². The molecule has 2 aliphatic carbocycles. The first-order valence-corrected chi connectivity index (χ1v) is 9.76. The topological polar surface area (TPSA) is 3.24 Å². The van der Waals surface area contributed by atoms with Crippen LogP contribution in [0, 0.1) is 12.1 Å². The van der Waals surface area contributed by atoms with E-state index in [4.69, 9.17) is 0 Å². The molecular weight excluding hydrogens is 452 g/mol. The predicted octanol–water partition coefficient (Wildman–Crippen LogP) is -0.817. The van der Waals surface area contributed by atoms with Gasteiger partial charge < -0.3 is 29.7 Å².